The Balaban J connectivity index is 2.41. The summed E-state index contributed by atoms with van der Waals surface area (Å²) in [6.07, 6.45) is 3.37. The van der Waals surface area contributed by atoms with Crippen LogP contribution in [0.5, 0.6) is 0 Å². The summed E-state index contributed by atoms with van der Waals surface area (Å²) in [7, 11) is 0. The molecule has 2 heterocycles. The molecule has 10 heavy (non-hydrogen) atoms. The SMILES string of the molecule is c1ncc2c(n1)NCNC2. The van der Waals surface area contributed by atoms with Crippen LogP contribution in [0.4, 0.5) is 5.82 Å². The van der Waals surface area contributed by atoms with Gasteiger partial charge in [0.05, 0.1) is 6.67 Å². The van der Waals surface area contributed by atoms with Gasteiger partial charge >= 0.3 is 0 Å². The van der Waals surface area contributed by atoms with Crippen molar-refractivity contribution in [1.29, 1.82) is 0 Å². The van der Waals surface area contributed by atoms with Gasteiger partial charge in [-0.05, 0) is 0 Å². The van der Waals surface area contributed by atoms with Crippen molar-refractivity contribution in [3.05, 3.63) is 18.1 Å². The van der Waals surface area contributed by atoms with Gasteiger partial charge in [-0.2, -0.15) is 0 Å². The van der Waals surface area contributed by atoms with Crippen molar-refractivity contribution in [1.82, 2.24) is 15.3 Å². The van der Waals surface area contributed by atoms with Crippen molar-refractivity contribution >= 4 is 5.82 Å². The summed E-state index contributed by atoms with van der Waals surface area (Å²) in [5, 5.41) is 6.25. The number of aromatic nitrogens is 2. The molecule has 0 aromatic carbocycles. The standard InChI is InChI=1S/C6H8N4/c1-5-2-8-4-10-6(5)9-3-7-1/h1,3,8H,2,4H2,(H,7,9,10). The highest BCUT2D eigenvalue weighted by atomic mass is 15.1. The topological polar surface area (TPSA) is 49.8 Å². The third-order valence-corrected chi connectivity index (χ3v) is 1.48. The highest BCUT2D eigenvalue weighted by molar-refractivity contribution is 5.43. The predicted octanol–water partition coefficient (Wildman–Crippen LogP) is -0.0508. The molecule has 0 atom stereocenters. The number of fused-ring (bicyclic) bond motifs is 1. The van der Waals surface area contributed by atoms with Crippen molar-refractivity contribution in [2.45, 2.75) is 6.54 Å². The van der Waals surface area contributed by atoms with Gasteiger partial charge in [0.25, 0.3) is 0 Å². The van der Waals surface area contributed by atoms with E-state index in [1.807, 2.05) is 6.20 Å². The zero-order valence-corrected chi connectivity index (χ0v) is 5.46. The molecule has 0 unspecified atom stereocenters. The van der Waals surface area contributed by atoms with Gasteiger partial charge in [-0.25, -0.2) is 9.97 Å². The molecule has 1 aromatic rings. The molecule has 0 aliphatic carbocycles. The van der Waals surface area contributed by atoms with Gasteiger partial charge in [0.2, 0.25) is 0 Å². The fraction of sp³-hybridized carbons (Fsp3) is 0.333. The first kappa shape index (κ1) is 5.61. The molecule has 0 radical (unpaired) electrons. The summed E-state index contributed by atoms with van der Waals surface area (Å²) in [5.74, 6) is 0.953. The van der Waals surface area contributed by atoms with E-state index in [1.165, 1.54) is 0 Å². The molecule has 1 aliphatic heterocycles. The Labute approximate surface area is 58.7 Å². The molecular weight excluding hydrogens is 128 g/mol. The summed E-state index contributed by atoms with van der Waals surface area (Å²) in [5.41, 5.74) is 1.13. The number of nitrogens with one attached hydrogen (secondary N) is 2. The Morgan fingerprint density at radius 2 is 2.50 bits per heavy atom. The Kier molecular flexibility index (Phi) is 1.25. The minimum atomic E-state index is 0.796. The Morgan fingerprint density at radius 1 is 1.50 bits per heavy atom. The fourth-order valence-electron chi connectivity index (χ4n) is 0.990. The second-order valence-electron chi connectivity index (χ2n) is 2.18. The van der Waals surface area contributed by atoms with Crippen molar-refractivity contribution < 1.29 is 0 Å². The van der Waals surface area contributed by atoms with Gasteiger partial charge in [0.15, 0.2) is 0 Å². The first-order chi connectivity index (χ1) is 4.97. The lowest BCUT2D eigenvalue weighted by atomic mass is 10.3. The zero-order chi connectivity index (χ0) is 6.81. The molecule has 1 aromatic heterocycles. The molecule has 2 rings (SSSR count). The number of hydrogen-bond donors (Lipinski definition) is 2. The minimum absolute atomic E-state index is 0.796. The molecule has 0 fully saturated rings. The van der Waals surface area contributed by atoms with E-state index in [0.29, 0.717) is 0 Å². The number of anilines is 1. The molecule has 4 heteroatoms. The fourth-order valence-corrected chi connectivity index (χ4v) is 0.990. The van der Waals surface area contributed by atoms with E-state index in [1.54, 1.807) is 6.33 Å². The van der Waals surface area contributed by atoms with E-state index in [9.17, 15) is 0 Å². The molecule has 1 aliphatic rings. The summed E-state index contributed by atoms with van der Waals surface area (Å²) >= 11 is 0. The van der Waals surface area contributed by atoms with Gasteiger partial charge in [0.1, 0.15) is 12.1 Å². The average molecular weight is 136 g/mol. The van der Waals surface area contributed by atoms with Gasteiger partial charge in [-0.1, -0.05) is 0 Å². The molecule has 4 nitrogen and oxygen atoms in total. The molecule has 0 saturated heterocycles. The summed E-state index contributed by atoms with van der Waals surface area (Å²) < 4.78 is 0. The monoisotopic (exact) mass is 136 g/mol. The van der Waals surface area contributed by atoms with Crippen LogP contribution in [-0.4, -0.2) is 16.6 Å². The van der Waals surface area contributed by atoms with Crippen molar-refractivity contribution in [3.63, 3.8) is 0 Å². The van der Waals surface area contributed by atoms with E-state index < -0.39 is 0 Å². The lowest BCUT2D eigenvalue weighted by Gasteiger charge is -2.16. The van der Waals surface area contributed by atoms with Gasteiger partial charge < -0.3 is 5.32 Å². The van der Waals surface area contributed by atoms with Crippen LogP contribution in [0.15, 0.2) is 12.5 Å². The Bertz CT molecular complexity index is 210. The van der Waals surface area contributed by atoms with E-state index in [2.05, 4.69) is 20.6 Å². The van der Waals surface area contributed by atoms with E-state index >= 15 is 0 Å². The van der Waals surface area contributed by atoms with Crippen LogP contribution < -0.4 is 10.6 Å². The summed E-state index contributed by atoms with van der Waals surface area (Å²) in [6, 6.07) is 0. The van der Waals surface area contributed by atoms with Crippen molar-refractivity contribution in [2.75, 3.05) is 12.0 Å². The van der Waals surface area contributed by atoms with Crippen molar-refractivity contribution in [2.24, 2.45) is 0 Å². The van der Waals surface area contributed by atoms with Gasteiger partial charge in [0, 0.05) is 18.3 Å². The van der Waals surface area contributed by atoms with E-state index in [-0.39, 0.29) is 0 Å². The molecule has 0 spiro atoms. The lowest BCUT2D eigenvalue weighted by Crippen LogP contribution is -2.28. The third-order valence-electron chi connectivity index (χ3n) is 1.48. The number of rotatable bonds is 0. The van der Waals surface area contributed by atoms with Crippen LogP contribution in [0.2, 0.25) is 0 Å². The minimum Gasteiger partial charge on any atom is -0.357 e. The first-order valence-electron chi connectivity index (χ1n) is 3.20. The zero-order valence-electron chi connectivity index (χ0n) is 5.46. The largest absolute Gasteiger partial charge is 0.357 e. The van der Waals surface area contributed by atoms with Crippen LogP contribution in [0.25, 0.3) is 0 Å². The molecule has 2 N–H and O–H groups in total. The van der Waals surface area contributed by atoms with Crippen LogP contribution in [0.1, 0.15) is 5.56 Å². The molecule has 0 saturated carbocycles. The highest BCUT2D eigenvalue weighted by Crippen LogP contribution is 2.11. The van der Waals surface area contributed by atoms with Gasteiger partial charge in [-0.3, -0.25) is 5.32 Å². The maximum Gasteiger partial charge on any atom is 0.134 e. The van der Waals surface area contributed by atoms with Crippen LogP contribution in [-0.2, 0) is 6.54 Å². The quantitative estimate of drug-likeness (QED) is 0.525. The second kappa shape index (κ2) is 2.22. The van der Waals surface area contributed by atoms with Crippen LogP contribution >= 0.6 is 0 Å². The maximum atomic E-state index is 4.06. The van der Waals surface area contributed by atoms with Gasteiger partial charge in [-0.15, -0.1) is 0 Å². The predicted molar refractivity (Wildman–Crippen MR) is 37.4 cm³/mol. The average Bonchev–Trinajstić information content (AvgIpc) is 2.05. The van der Waals surface area contributed by atoms with Crippen LogP contribution in [0, 0.1) is 0 Å². The Hall–Kier alpha value is -1.16. The Morgan fingerprint density at radius 3 is 3.40 bits per heavy atom. The molecule has 0 bridgehead atoms. The maximum absolute atomic E-state index is 4.06. The molecule has 52 valence electrons. The second-order valence-corrected chi connectivity index (χ2v) is 2.18. The van der Waals surface area contributed by atoms with Crippen molar-refractivity contribution in [3.8, 4) is 0 Å². The third kappa shape index (κ3) is 0.823. The van der Waals surface area contributed by atoms with Crippen LogP contribution in [0.3, 0.4) is 0 Å². The normalized spacial score (nSPS) is 15.6. The van der Waals surface area contributed by atoms with E-state index in [4.69, 9.17) is 0 Å². The summed E-state index contributed by atoms with van der Waals surface area (Å²) in [4.78, 5) is 7.96. The smallest absolute Gasteiger partial charge is 0.134 e. The molecular formula is C6H8N4. The molecule has 0 amide bonds. The number of hydrogen-bond acceptors (Lipinski definition) is 4. The highest BCUT2D eigenvalue weighted by Gasteiger charge is 2.06. The lowest BCUT2D eigenvalue weighted by molar-refractivity contribution is 0.697. The first-order valence-corrected chi connectivity index (χ1v) is 3.20. The number of nitrogens with zero attached hydrogens (tertiary/aromatic N) is 2. The van der Waals surface area contributed by atoms with E-state index in [0.717, 1.165) is 24.6 Å². The summed E-state index contributed by atoms with van der Waals surface area (Å²) in [6.45, 7) is 1.66.